The van der Waals surface area contributed by atoms with Gasteiger partial charge < -0.3 is 5.11 Å². The Bertz CT molecular complexity index is 178. The van der Waals surface area contributed by atoms with Gasteiger partial charge >= 0.3 is 5.97 Å². The summed E-state index contributed by atoms with van der Waals surface area (Å²) in [4.78, 5) is 20.8. The SMILES string of the molecule is O=C(O)CC(Cl)(Cl)C(=O)CCl. The normalized spacial score (nSPS) is 11.2. The summed E-state index contributed by atoms with van der Waals surface area (Å²) in [5.74, 6) is -2.33. The lowest BCUT2D eigenvalue weighted by molar-refractivity contribution is -0.138. The van der Waals surface area contributed by atoms with Crippen LogP contribution in [0.4, 0.5) is 0 Å². The Hall–Kier alpha value is 0.01000. The van der Waals surface area contributed by atoms with Gasteiger partial charge in [0.2, 0.25) is 0 Å². The Kier molecular flexibility index (Phi) is 4.14. The molecule has 64 valence electrons. The summed E-state index contributed by atoms with van der Waals surface area (Å²) >= 11 is 15.8. The zero-order valence-electron chi connectivity index (χ0n) is 5.31. The zero-order chi connectivity index (χ0) is 9.07. The maximum atomic E-state index is 10.7. The number of hydrogen-bond acceptors (Lipinski definition) is 2. The molecule has 0 aliphatic heterocycles. The van der Waals surface area contributed by atoms with Crippen molar-refractivity contribution in [3.05, 3.63) is 0 Å². The predicted octanol–water partition coefficient (Wildman–Crippen LogP) is 1.44. The number of ketones is 1. The van der Waals surface area contributed by atoms with E-state index in [4.69, 9.17) is 39.9 Å². The van der Waals surface area contributed by atoms with Crippen LogP contribution in [0.2, 0.25) is 0 Å². The molecule has 0 saturated carbocycles. The molecule has 0 aliphatic carbocycles. The molecule has 0 aromatic carbocycles. The molecular weight excluding hydrogens is 214 g/mol. The van der Waals surface area contributed by atoms with Crippen molar-refractivity contribution < 1.29 is 14.7 Å². The second-order valence-electron chi connectivity index (χ2n) is 1.83. The molecule has 0 unspecified atom stereocenters. The molecule has 6 heteroatoms. The number of carboxylic acid groups (broad SMARTS) is 1. The van der Waals surface area contributed by atoms with Gasteiger partial charge in [0.05, 0.1) is 12.3 Å². The molecular formula is C5H5Cl3O3. The lowest BCUT2D eigenvalue weighted by Crippen LogP contribution is -2.30. The number of rotatable bonds is 4. The maximum Gasteiger partial charge on any atom is 0.306 e. The van der Waals surface area contributed by atoms with Crippen LogP contribution in [0.15, 0.2) is 0 Å². The highest BCUT2D eigenvalue weighted by atomic mass is 35.5. The fourth-order valence-electron chi connectivity index (χ4n) is 0.386. The minimum atomic E-state index is -1.90. The van der Waals surface area contributed by atoms with Crippen LogP contribution in [-0.4, -0.2) is 27.1 Å². The van der Waals surface area contributed by atoms with Crippen LogP contribution in [0.3, 0.4) is 0 Å². The van der Waals surface area contributed by atoms with Crippen molar-refractivity contribution in [3.8, 4) is 0 Å². The van der Waals surface area contributed by atoms with E-state index in [1.54, 1.807) is 0 Å². The van der Waals surface area contributed by atoms with Crippen LogP contribution in [-0.2, 0) is 9.59 Å². The molecule has 0 rings (SSSR count). The van der Waals surface area contributed by atoms with Gasteiger partial charge in [0, 0.05) is 0 Å². The Morgan fingerprint density at radius 2 is 1.82 bits per heavy atom. The summed E-state index contributed by atoms with van der Waals surface area (Å²) in [6.07, 6.45) is -0.637. The average molecular weight is 219 g/mol. The molecule has 0 spiro atoms. The minimum Gasteiger partial charge on any atom is -0.481 e. The Labute approximate surface area is 78.2 Å². The van der Waals surface area contributed by atoms with Crippen LogP contribution in [0.5, 0.6) is 0 Å². The van der Waals surface area contributed by atoms with Gasteiger partial charge in [-0.3, -0.25) is 9.59 Å². The maximum absolute atomic E-state index is 10.7. The number of alkyl halides is 3. The fourth-order valence-corrected chi connectivity index (χ4v) is 1.11. The Balaban J connectivity index is 4.21. The molecule has 1 N–H and O–H groups in total. The van der Waals surface area contributed by atoms with Gasteiger partial charge in [-0.25, -0.2) is 0 Å². The van der Waals surface area contributed by atoms with E-state index in [0.717, 1.165) is 0 Å². The van der Waals surface area contributed by atoms with Gasteiger partial charge in [0.25, 0.3) is 0 Å². The highest BCUT2D eigenvalue weighted by Gasteiger charge is 2.35. The van der Waals surface area contributed by atoms with Crippen LogP contribution in [0.1, 0.15) is 6.42 Å². The molecule has 3 nitrogen and oxygen atoms in total. The first-order valence-corrected chi connectivity index (χ1v) is 3.88. The molecule has 0 radical (unpaired) electrons. The monoisotopic (exact) mass is 218 g/mol. The van der Waals surface area contributed by atoms with Crippen LogP contribution >= 0.6 is 34.8 Å². The number of carbonyl (C=O) groups excluding carboxylic acids is 1. The van der Waals surface area contributed by atoms with E-state index in [-0.39, 0.29) is 5.88 Å². The Morgan fingerprint density at radius 1 is 1.36 bits per heavy atom. The minimum absolute atomic E-state index is 0.389. The first-order valence-electron chi connectivity index (χ1n) is 2.59. The number of hydrogen-bond donors (Lipinski definition) is 1. The van der Waals surface area contributed by atoms with Crippen LogP contribution in [0.25, 0.3) is 0 Å². The smallest absolute Gasteiger partial charge is 0.306 e. The number of carboxylic acids is 1. The second-order valence-corrected chi connectivity index (χ2v) is 3.58. The third-order valence-electron chi connectivity index (χ3n) is 0.903. The molecule has 0 bridgehead atoms. The molecule has 11 heavy (non-hydrogen) atoms. The summed E-state index contributed by atoms with van der Waals surface area (Å²) in [5.41, 5.74) is 0. The third kappa shape index (κ3) is 3.79. The molecule has 0 aromatic rings. The van der Waals surface area contributed by atoms with Gasteiger partial charge in [0.15, 0.2) is 10.1 Å². The van der Waals surface area contributed by atoms with E-state index in [1.807, 2.05) is 0 Å². The number of halogens is 3. The molecule has 0 atom stereocenters. The molecule has 0 amide bonds. The standard InChI is InChI=1S/C5H5Cl3O3/c6-2-3(9)5(7,8)1-4(10)11/h1-2H2,(H,10,11). The highest BCUT2D eigenvalue weighted by Crippen LogP contribution is 2.26. The van der Waals surface area contributed by atoms with Gasteiger partial charge in [-0.2, -0.15) is 0 Å². The third-order valence-corrected chi connectivity index (χ3v) is 1.83. The van der Waals surface area contributed by atoms with E-state index >= 15 is 0 Å². The Morgan fingerprint density at radius 3 is 2.09 bits per heavy atom. The average Bonchev–Trinajstić information content (AvgIpc) is 1.83. The van der Waals surface area contributed by atoms with Crippen LogP contribution < -0.4 is 0 Å². The summed E-state index contributed by atoms with van der Waals surface area (Å²) in [6.45, 7) is 0. The molecule has 0 fully saturated rings. The van der Waals surface area contributed by atoms with E-state index in [9.17, 15) is 9.59 Å². The van der Waals surface area contributed by atoms with Gasteiger partial charge in [0.1, 0.15) is 0 Å². The van der Waals surface area contributed by atoms with Crippen molar-refractivity contribution in [2.24, 2.45) is 0 Å². The topological polar surface area (TPSA) is 54.4 Å². The lowest BCUT2D eigenvalue weighted by atomic mass is 10.2. The van der Waals surface area contributed by atoms with E-state index < -0.39 is 22.5 Å². The lowest BCUT2D eigenvalue weighted by Gasteiger charge is -2.12. The summed E-state index contributed by atoms with van der Waals surface area (Å²) < 4.78 is -1.90. The highest BCUT2D eigenvalue weighted by molar-refractivity contribution is 6.60. The quantitative estimate of drug-likeness (QED) is 0.728. The molecule has 0 heterocycles. The van der Waals surface area contributed by atoms with E-state index in [1.165, 1.54) is 0 Å². The number of aliphatic carboxylic acids is 1. The largest absolute Gasteiger partial charge is 0.481 e. The fraction of sp³-hybridized carbons (Fsp3) is 0.600. The van der Waals surface area contributed by atoms with Crippen molar-refractivity contribution in [1.29, 1.82) is 0 Å². The predicted molar refractivity (Wildman–Crippen MR) is 42.4 cm³/mol. The van der Waals surface area contributed by atoms with Crippen molar-refractivity contribution in [1.82, 2.24) is 0 Å². The van der Waals surface area contributed by atoms with Gasteiger partial charge in [-0.05, 0) is 0 Å². The van der Waals surface area contributed by atoms with Gasteiger partial charge in [-0.1, -0.05) is 23.2 Å². The summed E-state index contributed by atoms with van der Waals surface area (Å²) in [7, 11) is 0. The molecule has 0 saturated heterocycles. The number of carbonyl (C=O) groups is 2. The van der Waals surface area contributed by atoms with Crippen molar-refractivity contribution in [3.63, 3.8) is 0 Å². The van der Waals surface area contributed by atoms with Crippen molar-refractivity contribution in [2.75, 3.05) is 5.88 Å². The van der Waals surface area contributed by atoms with E-state index in [0.29, 0.717) is 0 Å². The van der Waals surface area contributed by atoms with Gasteiger partial charge in [-0.15, -0.1) is 11.6 Å². The second kappa shape index (κ2) is 4.14. The summed E-state index contributed by atoms with van der Waals surface area (Å²) in [6, 6.07) is 0. The van der Waals surface area contributed by atoms with Crippen molar-refractivity contribution >= 4 is 46.6 Å². The van der Waals surface area contributed by atoms with Crippen LogP contribution in [0, 0.1) is 0 Å². The van der Waals surface area contributed by atoms with E-state index in [2.05, 4.69) is 0 Å². The zero-order valence-corrected chi connectivity index (χ0v) is 7.58. The summed E-state index contributed by atoms with van der Waals surface area (Å²) in [5, 5.41) is 8.23. The molecule has 0 aliphatic rings. The first-order chi connectivity index (χ1) is 4.90. The number of Topliss-reactive ketones (excluding diaryl/α,β-unsaturated/α-hetero) is 1. The molecule has 0 aromatic heterocycles. The van der Waals surface area contributed by atoms with Crippen molar-refractivity contribution in [2.45, 2.75) is 10.8 Å². The first kappa shape index (κ1) is 11.0.